The van der Waals surface area contributed by atoms with E-state index in [4.69, 9.17) is 0 Å². The maximum absolute atomic E-state index is 11.1. The van der Waals surface area contributed by atoms with Gasteiger partial charge in [-0.05, 0) is 107 Å². The number of carbonyl (C=O) groups is 1. The molecule has 174 valence electrons. The number of nitrogens with one attached hydrogen (secondary N) is 1. The molecule has 0 atom stereocenters. The Morgan fingerprint density at radius 3 is 1.90 bits per heavy atom. The molecule has 0 aromatic heterocycles. The maximum atomic E-state index is 11.1. The number of rotatable bonds is 3. The summed E-state index contributed by atoms with van der Waals surface area (Å²) in [5.41, 5.74) is 1.49. The van der Waals surface area contributed by atoms with Crippen LogP contribution >= 0.6 is 0 Å². The van der Waals surface area contributed by atoms with Gasteiger partial charge in [0.25, 0.3) is 0 Å². The summed E-state index contributed by atoms with van der Waals surface area (Å²) >= 11 is 0. The van der Waals surface area contributed by atoms with E-state index in [1.807, 2.05) is 13.8 Å². The van der Waals surface area contributed by atoms with Crippen molar-refractivity contribution in [2.24, 2.45) is 28.6 Å². The van der Waals surface area contributed by atoms with E-state index >= 15 is 0 Å². The monoisotopic (exact) mass is 418 g/mol. The summed E-state index contributed by atoms with van der Waals surface area (Å²) < 4.78 is 0. The van der Waals surface area contributed by atoms with Crippen molar-refractivity contribution >= 4 is 5.78 Å². The molecule has 0 amide bonds. The lowest BCUT2D eigenvalue weighted by atomic mass is 9.55. The third-order valence-electron chi connectivity index (χ3n) is 9.27. The Balaban J connectivity index is 0.000000163. The number of nitrogens with zero attached hydrogens (tertiary/aromatic N) is 1. The molecule has 0 aromatic rings. The third-order valence-corrected chi connectivity index (χ3v) is 9.27. The number of likely N-dealkylation sites (tertiary alicyclic amines) is 1. The second kappa shape index (κ2) is 10.5. The number of hydrogen-bond donors (Lipinski definition) is 1. The number of Topliss-reactive ketones (excluding diaryl/α,β-unsaturated/α-hetero) is 1. The van der Waals surface area contributed by atoms with Gasteiger partial charge in [0.1, 0.15) is 5.78 Å². The molecule has 2 heterocycles. The number of hydrogen-bond acceptors (Lipinski definition) is 3. The minimum absolute atomic E-state index is 0.413. The summed E-state index contributed by atoms with van der Waals surface area (Å²) in [5, 5.41) is 3.46. The van der Waals surface area contributed by atoms with Crippen LogP contribution in [0.2, 0.25) is 0 Å². The van der Waals surface area contributed by atoms with Crippen LogP contribution in [-0.4, -0.2) is 42.9 Å². The summed E-state index contributed by atoms with van der Waals surface area (Å²) in [4.78, 5) is 13.9. The van der Waals surface area contributed by atoms with Gasteiger partial charge in [-0.15, -0.1) is 0 Å². The molecule has 0 bridgehead atoms. The van der Waals surface area contributed by atoms with E-state index < -0.39 is 0 Å². The fourth-order valence-corrected chi connectivity index (χ4v) is 6.84. The summed E-state index contributed by atoms with van der Waals surface area (Å²) in [5.74, 6) is 2.79. The van der Waals surface area contributed by atoms with Crippen LogP contribution in [0.3, 0.4) is 0 Å². The Morgan fingerprint density at radius 2 is 1.47 bits per heavy atom. The van der Waals surface area contributed by atoms with Gasteiger partial charge in [0.05, 0.1) is 0 Å². The van der Waals surface area contributed by atoms with Crippen LogP contribution in [0.25, 0.3) is 0 Å². The Hall–Kier alpha value is -0.410. The Morgan fingerprint density at radius 1 is 0.900 bits per heavy atom. The smallest absolute Gasteiger partial charge is 0.132 e. The van der Waals surface area contributed by atoms with Crippen LogP contribution in [0.5, 0.6) is 0 Å². The highest BCUT2D eigenvalue weighted by atomic mass is 16.1. The zero-order chi connectivity index (χ0) is 21.8. The Bertz CT molecular complexity index is 523. The van der Waals surface area contributed by atoms with Gasteiger partial charge in [-0.2, -0.15) is 0 Å². The molecule has 5 rings (SSSR count). The van der Waals surface area contributed by atoms with E-state index in [2.05, 4.69) is 24.1 Å². The van der Waals surface area contributed by atoms with Gasteiger partial charge in [0.2, 0.25) is 0 Å². The van der Waals surface area contributed by atoms with Gasteiger partial charge in [0.15, 0.2) is 0 Å². The molecule has 2 spiro atoms. The van der Waals surface area contributed by atoms with E-state index in [-0.39, 0.29) is 0 Å². The van der Waals surface area contributed by atoms with E-state index in [1.165, 1.54) is 96.8 Å². The quantitative estimate of drug-likeness (QED) is 0.604. The van der Waals surface area contributed by atoms with E-state index in [9.17, 15) is 4.79 Å². The molecule has 2 saturated heterocycles. The van der Waals surface area contributed by atoms with Crippen molar-refractivity contribution in [3.63, 3.8) is 0 Å². The zero-order valence-electron chi connectivity index (χ0n) is 20.8. The molecule has 0 radical (unpaired) electrons. The van der Waals surface area contributed by atoms with Gasteiger partial charge in [0, 0.05) is 25.0 Å². The van der Waals surface area contributed by atoms with Crippen molar-refractivity contribution in [2.45, 2.75) is 111 Å². The fraction of sp³-hybridized carbons (Fsp3) is 0.963. The molecule has 30 heavy (non-hydrogen) atoms. The van der Waals surface area contributed by atoms with Gasteiger partial charge in [-0.1, -0.05) is 34.1 Å². The molecule has 0 aromatic carbocycles. The highest BCUT2D eigenvalue weighted by molar-refractivity contribution is 5.78. The Kier molecular flexibility index (Phi) is 8.46. The predicted molar refractivity (Wildman–Crippen MR) is 128 cm³/mol. The van der Waals surface area contributed by atoms with Crippen molar-refractivity contribution in [1.82, 2.24) is 10.2 Å². The SMILES string of the molecule is CC.CC(=O)C1CCC2(CCC2)CC1.CC(C)C1CC2(C1)CN(C1CCNCC1)C2. The molecular weight excluding hydrogens is 368 g/mol. The van der Waals surface area contributed by atoms with Crippen molar-refractivity contribution in [1.29, 1.82) is 0 Å². The van der Waals surface area contributed by atoms with Crippen molar-refractivity contribution in [3.8, 4) is 0 Å². The zero-order valence-corrected chi connectivity index (χ0v) is 20.8. The molecule has 3 heteroatoms. The highest BCUT2D eigenvalue weighted by Gasteiger charge is 2.53. The molecule has 2 aliphatic heterocycles. The largest absolute Gasteiger partial charge is 0.317 e. The van der Waals surface area contributed by atoms with Crippen molar-refractivity contribution in [3.05, 3.63) is 0 Å². The first-order valence-corrected chi connectivity index (χ1v) is 13.4. The van der Waals surface area contributed by atoms with Crippen LogP contribution < -0.4 is 5.32 Å². The molecule has 5 aliphatic rings. The van der Waals surface area contributed by atoms with Gasteiger partial charge in [-0.3, -0.25) is 9.69 Å². The topological polar surface area (TPSA) is 32.3 Å². The molecule has 3 saturated carbocycles. The van der Waals surface area contributed by atoms with Gasteiger partial charge >= 0.3 is 0 Å². The third kappa shape index (κ3) is 5.49. The summed E-state index contributed by atoms with van der Waals surface area (Å²) in [6.07, 6.45) is 15.1. The number of piperidine rings is 1. The normalized spacial score (nSPS) is 30.3. The minimum atomic E-state index is 0.413. The van der Waals surface area contributed by atoms with E-state index in [0.29, 0.717) is 17.1 Å². The van der Waals surface area contributed by atoms with Crippen LogP contribution in [0.1, 0.15) is 105 Å². The first-order valence-electron chi connectivity index (χ1n) is 13.4. The predicted octanol–water partition coefficient (Wildman–Crippen LogP) is 6.07. The lowest BCUT2D eigenvalue weighted by molar-refractivity contribution is -0.126. The summed E-state index contributed by atoms with van der Waals surface area (Å²) in [6, 6.07) is 0.907. The van der Waals surface area contributed by atoms with E-state index in [1.54, 1.807) is 6.92 Å². The Labute approximate surface area is 187 Å². The molecule has 3 aliphatic carbocycles. The van der Waals surface area contributed by atoms with E-state index in [0.717, 1.165) is 23.3 Å². The van der Waals surface area contributed by atoms with Crippen LogP contribution in [0.4, 0.5) is 0 Å². The van der Waals surface area contributed by atoms with Crippen LogP contribution in [0, 0.1) is 28.6 Å². The number of ketones is 1. The van der Waals surface area contributed by atoms with Crippen molar-refractivity contribution < 1.29 is 4.79 Å². The van der Waals surface area contributed by atoms with Gasteiger partial charge < -0.3 is 5.32 Å². The van der Waals surface area contributed by atoms with Gasteiger partial charge in [-0.25, -0.2) is 0 Å². The molecular formula is C27H50N2O. The molecule has 5 fully saturated rings. The lowest BCUT2D eigenvalue weighted by Crippen LogP contribution is -2.66. The second-order valence-corrected chi connectivity index (χ2v) is 11.5. The minimum Gasteiger partial charge on any atom is -0.317 e. The summed E-state index contributed by atoms with van der Waals surface area (Å²) in [7, 11) is 0. The molecule has 3 nitrogen and oxygen atoms in total. The maximum Gasteiger partial charge on any atom is 0.132 e. The summed E-state index contributed by atoms with van der Waals surface area (Å²) in [6.45, 7) is 15.8. The van der Waals surface area contributed by atoms with Crippen LogP contribution in [0.15, 0.2) is 0 Å². The highest BCUT2D eigenvalue weighted by Crippen LogP contribution is 2.55. The van der Waals surface area contributed by atoms with Crippen molar-refractivity contribution in [2.75, 3.05) is 26.2 Å². The first-order chi connectivity index (χ1) is 14.4. The molecule has 1 N–H and O–H groups in total. The molecule has 0 unspecified atom stereocenters. The average Bonchev–Trinajstić information content (AvgIpc) is 2.67. The second-order valence-electron chi connectivity index (χ2n) is 11.5. The number of carbonyl (C=O) groups excluding carboxylic acids is 1. The standard InChI is InChI=1S/C14H26N2.C11H18O.C2H6/c1-11(2)12-7-14(8-12)9-16(10-14)13-3-5-15-6-4-13;1-9(12)10-3-7-11(8-4-10)5-2-6-11;1-2/h11-13,15H,3-10H2,1-2H3;10H,2-8H2,1H3;1-2H3. The lowest BCUT2D eigenvalue weighted by Gasteiger charge is -2.62. The first kappa shape index (κ1) is 24.2. The fourth-order valence-electron chi connectivity index (χ4n) is 6.84. The average molecular weight is 419 g/mol. The van der Waals surface area contributed by atoms with Crippen LogP contribution in [-0.2, 0) is 4.79 Å².